The van der Waals surface area contributed by atoms with Crippen LogP contribution >= 0.6 is 0 Å². The van der Waals surface area contributed by atoms with Gasteiger partial charge in [-0.2, -0.15) is 5.10 Å². The van der Waals surface area contributed by atoms with Crippen LogP contribution in [0.4, 0.5) is 14.6 Å². The normalized spacial score (nSPS) is 10.5. The minimum atomic E-state index is -0.697. The van der Waals surface area contributed by atoms with E-state index >= 15 is 0 Å². The Hall–Kier alpha value is -3.22. The van der Waals surface area contributed by atoms with E-state index in [1.54, 1.807) is 24.3 Å². The summed E-state index contributed by atoms with van der Waals surface area (Å²) in [6.07, 6.45) is 1.47. The molecule has 1 N–H and O–H groups in total. The van der Waals surface area contributed by atoms with Gasteiger partial charge >= 0.3 is 0 Å². The van der Waals surface area contributed by atoms with Crippen molar-refractivity contribution < 1.29 is 18.3 Å². The van der Waals surface area contributed by atoms with Gasteiger partial charge in [0.1, 0.15) is 23.2 Å². The molecule has 128 valence electrons. The molecule has 5 nitrogen and oxygen atoms in total. The van der Waals surface area contributed by atoms with Crippen molar-refractivity contribution in [2.24, 2.45) is 0 Å². The zero-order chi connectivity index (χ0) is 17.8. The molecule has 25 heavy (non-hydrogen) atoms. The van der Waals surface area contributed by atoms with Gasteiger partial charge in [0.2, 0.25) is 0 Å². The van der Waals surface area contributed by atoms with Crippen molar-refractivity contribution >= 4 is 11.7 Å². The van der Waals surface area contributed by atoms with Gasteiger partial charge in [-0.15, -0.1) is 0 Å². The molecule has 1 aromatic heterocycles. The molecule has 0 fully saturated rings. The van der Waals surface area contributed by atoms with E-state index < -0.39 is 11.7 Å². The topological polar surface area (TPSA) is 56.1 Å². The molecule has 1 amide bonds. The van der Waals surface area contributed by atoms with Gasteiger partial charge in [-0.05, 0) is 18.2 Å². The molecule has 0 unspecified atom stereocenters. The van der Waals surface area contributed by atoms with Gasteiger partial charge < -0.3 is 10.1 Å². The lowest BCUT2D eigenvalue weighted by molar-refractivity contribution is 0.102. The molecule has 0 saturated carbocycles. The summed E-state index contributed by atoms with van der Waals surface area (Å²) in [5.74, 6) is -1.04. The number of aromatic nitrogens is 2. The number of carbonyl (C=O) groups is 1. The number of rotatable bonds is 5. The van der Waals surface area contributed by atoms with Crippen LogP contribution in [0, 0.1) is 11.6 Å². The monoisotopic (exact) mass is 343 g/mol. The zero-order valence-corrected chi connectivity index (χ0v) is 13.4. The highest BCUT2D eigenvalue weighted by atomic mass is 19.1. The van der Waals surface area contributed by atoms with Crippen LogP contribution in [-0.4, -0.2) is 22.8 Å². The van der Waals surface area contributed by atoms with Crippen LogP contribution in [0.1, 0.15) is 15.9 Å². The zero-order valence-electron chi connectivity index (χ0n) is 13.4. The van der Waals surface area contributed by atoms with Crippen LogP contribution in [0.15, 0.2) is 54.7 Å². The van der Waals surface area contributed by atoms with E-state index in [1.807, 2.05) is 0 Å². The maximum Gasteiger partial charge on any atom is 0.259 e. The minimum Gasteiger partial charge on any atom is -0.497 e. The molecule has 0 aliphatic heterocycles. The molecule has 3 aromatic rings. The predicted molar refractivity (Wildman–Crippen MR) is 88.6 cm³/mol. The number of nitrogens with one attached hydrogen (secondary N) is 1. The van der Waals surface area contributed by atoms with Gasteiger partial charge in [0.25, 0.3) is 5.91 Å². The molecule has 0 saturated heterocycles. The first kappa shape index (κ1) is 16.6. The Morgan fingerprint density at radius 2 is 1.96 bits per heavy atom. The van der Waals surface area contributed by atoms with Gasteiger partial charge in [0, 0.05) is 17.7 Å². The Morgan fingerprint density at radius 3 is 2.68 bits per heavy atom. The van der Waals surface area contributed by atoms with E-state index in [-0.39, 0.29) is 17.9 Å². The van der Waals surface area contributed by atoms with Gasteiger partial charge in [0.05, 0.1) is 25.4 Å². The first-order valence-corrected chi connectivity index (χ1v) is 7.48. The highest BCUT2D eigenvalue weighted by Crippen LogP contribution is 2.18. The molecule has 7 heteroatoms. The lowest BCUT2D eigenvalue weighted by Gasteiger charge is -2.10. The summed E-state index contributed by atoms with van der Waals surface area (Å²) in [4.78, 5) is 12.3. The number of anilines is 1. The van der Waals surface area contributed by atoms with E-state index in [0.717, 1.165) is 6.07 Å². The molecule has 0 aliphatic rings. The van der Waals surface area contributed by atoms with Crippen molar-refractivity contribution in [1.82, 2.24) is 9.78 Å². The second-order valence-corrected chi connectivity index (χ2v) is 5.27. The van der Waals surface area contributed by atoms with Crippen LogP contribution in [0.3, 0.4) is 0 Å². The van der Waals surface area contributed by atoms with Crippen LogP contribution in [0.25, 0.3) is 0 Å². The van der Waals surface area contributed by atoms with Crippen LogP contribution in [-0.2, 0) is 6.54 Å². The van der Waals surface area contributed by atoms with E-state index in [0.29, 0.717) is 17.1 Å². The van der Waals surface area contributed by atoms with Gasteiger partial charge in [-0.3, -0.25) is 4.79 Å². The van der Waals surface area contributed by atoms with Gasteiger partial charge in [-0.1, -0.05) is 18.2 Å². The average molecular weight is 343 g/mol. The average Bonchev–Trinajstić information content (AvgIpc) is 3.03. The van der Waals surface area contributed by atoms with Crippen LogP contribution in [0.2, 0.25) is 0 Å². The van der Waals surface area contributed by atoms with Crippen molar-refractivity contribution in [1.29, 1.82) is 0 Å². The number of nitrogens with zero attached hydrogens (tertiary/aromatic N) is 2. The number of hydrogen-bond donors (Lipinski definition) is 1. The smallest absolute Gasteiger partial charge is 0.259 e. The number of methoxy groups -OCH3 is 1. The molecule has 0 bridgehead atoms. The van der Waals surface area contributed by atoms with Crippen LogP contribution in [0.5, 0.6) is 5.75 Å². The van der Waals surface area contributed by atoms with E-state index in [1.165, 1.54) is 36.2 Å². The molecule has 1 heterocycles. The number of benzene rings is 2. The largest absolute Gasteiger partial charge is 0.497 e. The number of carbonyl (C=O) groups excluding carboxylic acids is 1. The lowest BCUT2D eigenvalue weighted by Crippen LogP contribution is -2.17. The molecular weight excluding hydrogens is 328 g/mol. The first-order chi connectivity index (χ1) is 12.1. The molecule has 3 rings (SSSR count). The highest BCUT2D eigenvalue weighted by Gasteiger charge is 2.15. The van der Waals surface area contributed by atoms with Crippen molar-refractivity contribution in [3.05, 3.63) is 77.5 Å². The molecule has 0 atom stereocenters. The molecular formula is C18H15F2N3O2. The van der Waals surface area contributed by atoms with Crippen LogP contribution < -0.4 is 10.1 Å². The molecule has 0 spiro atoms. The SMILES string of the molecule is COc1ccc(C(=O)Nc2ccnn2Cc2ccccc2F)c(F)c1. The summed E-state index contributed by atoms with van der Waals surface area (Å²) in [6.45, 7) is 0.139. The maximum atomic E-state index is 14.0. The lowest BCUT2D eigenvalue weighted by atomic mass is 10.2. The summed E-state index contributed by atoms with van der Waals surface area (Å²) in [5, 5.41) is 6.65. The predicted octanol–water partition coefficient (Wildman–Crippen LogP) is 3.47. The number of hydrogen-bond acceptors (Lipinski definition) is 3. The van der Waals surface area contributed by atoms with Gasteiger partial charge in [0.15, 0.2) is 0 Å². The molecule has 2 aromatic carbocycles. The number of halogens is 2. The first-order valence-electron chi connectivity index (χ1n) is 7.48. The summed E-state index contributed by atoms with van der Waals surface area (Å²) >= 11 is 0. The third-order valence-corrected chi connectivity index (χ3v) is 3.66. The molecule has 0 radical (unpaired) electrons. The van der Waals surface area contributed by atoms with Crippen molar-refractivity contribution in [3.8, 4) is 5.75 Å². The van der Waals surface area contributed by atoms with Crippen molar-refractivity contribution in [3.63, 3.8) is 0 Å². The van der Waals surface area contributed by atoms with Gasteiger partial charge in [-0.25, -0.2) is 13.5 Å². The van der Waals surface area contributed by atoms with Crippen molar-refractivity contribution in [2.45, 2.75) is 6.54 Å². The van der Waals surface area contributed by atoms with E-state index in [2.05, 4.69) is 10.4 Å². The second-order valence-electron chi connectivity index (χ2n) is 5.27. The third-order valence-electron chi connectivity index (χ3n) is 3.66. The van der Waals surface area contributed by atoms with E-state index in [4.69, 9.17) is 4.74 Å². The Kier molecular flexibility index (Phi) is 4.74. The highest BCUT2D eigenvalue weighted by molar-refractivity contribution is 6.04. The Morgan fingerprint density at radius 1 is 1.16 bits per heavy atom. The Balaban J connectivity index is 1.79. The van der Waals surface area contributed by atoms with Crippen molar-refractivity contribution in [2.75, 3.05) is 12.4 Å². The minimum absolute atomic E-state index is 0.126. The third kappa shape index (κ3) is 3.65. The fraction of sp³-hybridized carbons (Fsp3) is 0.111. The summed E-state index contributed by atoms with van der Waals surface area (Å²) < 4.78 is 34.1. The van der Waals surface area contributed by atoms with E-state index in [9.17, 15) is 13.6 Å². The Bertz CT molecular complexity index is 909. The number of ether oxygens (including phenoxy) is 1. The fourth-order valence-corrected chi connectivity index (χ4v) is 2.34. The fourth-order valence-electron chi connectivity index (χ4n) is 2.34. The summed E-state index contributed by atoms with van der Waals surface area (Å²) in [7, 11) is 1.41. The standard InChI is InChI=1S/C18H15F2N3O2/c1-25-13-6-7-14(16(20)10-13)18(24)22-17-8-9-21-23(17)11-12-4-2-3-5-15(12)19/h2-10H,11H2,1H3,(H,22,24). The second kappa shape index (κ2) is 7.12. The Labute approximate surface area is 142 Å². The quantitative estimate of drug-likeness (QED) is 0.772. The summed E-state index contributed by atoms with van der Waals surface area (Å²) in [5.41, 5.74) is 0.303. The molecule has 0 aliphatic carbocycles. The number of amides is 1. The maximum absolute atomic E-state index is 14.0. The summed E-state index contributed by atoms with van der Waals surface area (Å²) in [6, 6.07) is 11.8.